The third kappa shape index (κ3) is 5.36. The lowest BCUT2D eigenvalue weighted by Gasteiger charge is -2.05. The first kappa shape index (κ1) is 13.5. The zero-order chi connectivity index (χ0) is 12.5. The number of nitrogens with one attached hydrogen (secondary N) is 2. The van der Waals surface area contributed by atoms with E-state index in [2.05, 4.69) is 10.6 Å². The molecule has 94 valence electrons. The van der Waals surface area contributed by atoms with Crippen molar-refractivity contribution in [1.82, 2.24) is 10.6 Å². The fourth-order valence-corrected chi connectivity index (χ4v) is 1.47. The van der Waals surface area contributed by atoms with Gasteiger partial charge in [0.2, 0.25) is 5.91 Å². The second kappa shape index (κ2) is 7.68. The molecule has 2 N–H and O–H groups in total. The third-order valence-corrected chi connectivity index (χ3v) is 2.50. The standard InChI is InChI=1S/C13H20N2O2/c1-14-9-10-15-13(16)8-5-11-3-6-12(17-2)7-4-11/h3-4,6-7,14H,5,8-10H2,1-2H3,(H,15,16). The number of hydrogen-bond acceptors (Lipinski definition) is 3. The summed E-state index contributed by atoms with van der Waals surface area (Å²) < 4.78 is 5.07. The molecule has 1 aromatic rings. The van der Waals surface area contributed by atoms with Crippen molar-refractivity contribution in [3.05, 3.63) is 29.8 Å². The van der Waals surface area contributed by atoms with Crippen LogP contribution in [0.25, 0.3) is 0 Å². The van der Waals surface area contributed by atoms with Crippen LogP contribution < -0.4 is 15.4 Å². The molecule has 0 saturated heterocycles. The first-order valence-corrected chi connectivity index (χ1v) is 5.80. The average Bonchev–Trinajstić information content (AvgIpc) is 2.37. The van der Waals surface area contributed by atoms with Crippen LogP contribution in [0.5, 0.6) is 5.75 Å². The van der Waals surface area contributed by atoms with Crippen molar-refractivity contribution in [1.29, 1.82) is 0 Å². The Morgan fingerprint density at radius 2 is 1.94 bits per heavy atom. The van der Waals surface area contributed by atoms with Crippen LogP contribution in [0.1, 0.15) is 12.0 Å². The van der Waals surface area contributed by atoms with Crippen molar-refractivity contribution < 1.29 is 9.53 Å². The SMILES string of the molecule is CNCCNC(=O)CCc1ccc(OC)cc1. The second-order valence-electron chi connectivity index (χ2n) is 3.80. The number of amides is 1. The van der Waals surface area contributed by atoms with Crippen molar-refractivity contribution in [3.8, 4) is 5.75 Å². The van der Waals surface area contributed by atoms with Gasteiger partial charge in [-0.1, -0.05) is 12.1 Å². The van der Waals surface area contributed by atoms with Crippen LogP contribution in [0.4, 0.5) is 0 Å². The first-order valence-electron chi connectivity index (χ1n) is 5.80. The molecule has 0 radical (unpaired) electrons. The number of ether oxygens (including phenoxy) is 1. The van der Waals surface area contributed by atoms with E-state index in [9.17, 15) is 4.79 Å². The molecule has 0 atom stereocenters. The van der Waals surface area contributed by atoms with Crippen molar-refractivity contribution in [3.63, 3.8) is 0 Å². The van der Waals surface area contributed by atoms with Crippen molar-refractivity contribution in [2.24, 2.45) is 0 Å². The van der Waals surface area contributed by atoms with Crippen LogP contribution in [0.2, 0.25) is 0 Å². The van der Waals surface area contributed by atoms with E-state index < -0.39 is 0 Å². The lowest BCUT2D eigenvalue weighted by Crippen LogP contribution is -2.30. The van der Waals surface area contributed by atoms with Gasteiger partial charge in [-0.05, 0) is 31.2 Å². The van der Waals surface area contributed by atoms with Crippen LogP contribution >= 0.6 is 0 Å². The monoisotopic (exact) mass is 236 g/mol. The Kier molecular flexibility index (Phi) is 6.10. The molecule has 0 bridgehead atoms. The van der Waals surface area contributed by atoms with Crippen molar-refractivity contribution in [2.45, 2.75) is 12.8 Å². The Balaban J connectivity index is 2.27. The topological polar surface area (TPSA) is 50.4 Å². The summed E-state index contributed by atoms with van der Waals surface area (Å²) in [6, 6.07) is 7.79. The number of benzene rings is 1. The molecule has 0 fully saturated rings. The molecule has 0 spiro atoms. The molecule has 4 heteroatoms. The van der Waals surface area contributed by atoms with Crippen molar-refractivity contribution >= 4 is 5.91 Å². The quantitative estimate of drug-likeness (QED) is 0.693. The van der Waals surface area contributed by atoms with Crippen LogP contribution in [-0.4, -0.2) is 33.2 Å². The minimum atomic E-state index is 0.0936. The van der Waals surface area contributed by atoms with Crippen LogP contribution in [0.3, 0.4) is 0 Å². The number of hydrogen-bond donors (Lipinski definition) is 2. The molecule has 0 heterocycles. The van der Waals surface area contributed by atoms with E-state index in [1.54, 1.807) is 7.11 Å². The van der Waals surface area contributed by atoms with E-state index in [-0.39, 0.29) is 5.91 Å². The predicted molar refractivity (Wildman–Crippen MR) is 68.3 cm³/mol. The summed E-state index contributed by atoms with van der Waals surface area (Å²) in [7, 11) is 3.51. The van der Waals surface area contributed by atoms with Gasteiger partial charge in [0.1, 0.15) is 5.75 Å². The van der Waals surface area contributed by atoms with Crippen molar-refractivity contribution in [2.75, 3.05) is 27.2 Å². The molecule has 1 amide bonds. The molecule has 0 unspecified atom stereocenters. The minimum absolute atomic E-state index is 0.0936. The highest BCUT2D eigenvalue weighted by atomic mass is 16.5. The lowest BCUT2D eigenvalue weighted by atomic mass is 10.1. The highest BCUT2D eigenvalue weighted by Gasteiger charge is 2.01. The van der Waals surface area contributed by atoms with E-state index in [4.69, 9.17) is 4.74 Å². The Bertz CT molecular complexity index is 336. The Labute approximate surface area is 102 Å². The Hall–Kier alpha value is -1.55. The number of methoxy groups -OCH3 is 1. The molecule has 4 nitrogen and oxygen atoms in total. The van der Waals surface area contributed by atoms with Crippen LogP contribution in [0.15, 0.2) is 24.3 Å². The molecule has 0 aliphatic heterocycles. The van der Waals surface area contributed by atoms with E-state index in [1.807, 2.05) is 31.3 Å². The normalized spacial score (nSPS) is 10.0. The molecule has 0 saturated carbocycles. The number of rotatable bonds is 7. The highest BCUT2D eigenvalue weighted by molar-refractivity contribution is 5.76. The maximum Gasteiger partial charge on any atom is 0.220 e. The Morgan fingerprint density at radius 3 is 2.53 bits per heavy atom. The zero-order valence-electron chi connectivity index (χ0n) is 10.5. The molecular formula is C13H20N2O2. The van der Waals surface area contributed by atoms with E-state index in [0.29, 0.717) is 13.0 Å². The zero-order valence-corrected chi connectivity index (χ0v) is 10.5. The van der Waals surface area contributed by atoms with Gasteiger partial charge in [0.25, 0.3) is 0 Å². The van der Waals surface area contributed by atoms with Gasteiger partial charge >= 0.3 is 0 Å². The number of carbonyl (C=O) groups is 1. The number of likely N-dealkylation sites (N-methyl/N-ethyl adjacent to an activating group) is 1. The smallest absolute Gasteiger partial charge is 0.220 e. The maximum atomic E-state index is 11.5. The van der Waals surface area contributed by atoms with Crippen LogP contribution in [-0.2, 0) is 11.2 Å². The van der Waals surface area contributed by atoms with E-state index in [1.165, 1.54) is 0 Å². The molecule has 17 heavy (non-hydrogen) atoms. The predicted octanol–water partition coefficient (Wildman–Crippen LogP) is 0.963. The molecule has 0 aromatic heterocycles. The van der Waals surface area contributed by atoms with Gasteiger partial charge in [0.05, 0.1) is 7.11 Å². The highest BCUT2D eigenvalue weighted by Crippen LogP contribution is 2.12. The first-order chi connectivity index (χ1) is 8.26. The second-order valence-corrected chi connectivity index (χ2v) is 3.80. The summed E-state index contributed by atoms with van der Waals surface area (Å²) in [6.45, 7) is 1.48. The lowest BCUT2D eigenvalue weighted by molar-refractivity contribution is -0.121. The summed E-state index contributed by atoms with van der Waals surface area (Å²) in [5, 5.41) is 5.83. The third-order valence-electron chi connectivity index (χ3n) is 2.50. The molecule has 1 rings (SSSR count). The summed E-state index contributed by atoms with van der Waals surface area (Å²) in [5.41, 5.74) is 1.15. The van der Waals surface area contributed by atoms with E-state index in [0.717, 1.165) is 24.3 Å². The summed E-state index contributed by atoms with van der Waals surface area (Å²) in [6.07, 6.45) is 1.28. The Morgan fingerprint density at radius 1 is 1.24 bits per heavy atom. The molecular weight excluding hydrogens is 216 g/mol. The fraction of sp³-hybridized carbons (Fsp3) is 0.462. The van der Waals surface area contributed by atoms with Gasteiger partial charge in [-0.25, -0.2) is 0 Å². The van der Waals surface area contributed by atoms with Gasteiger partial charge in [0.15, 0.2) is 0 Å². The summed E-state index contributed by atoms with van der Waals surface area (Å²) >= 11 is 0. The average molecular weight is 236 g/mol. The number of aryl methyl sites for hydroxylation is 1. The largest absolute Gasteiger partial charge is 0.497 e. The van der Waals surface area contributed by atoms with Gasteiger partial charge in [-0.3, -0.25) is 4.79 Å². The van der Waals surface area contributed by atoms with E-state index >= 15 is 0 Å². The number of carbonyl (C=O) groups excluding carboxylic acids is 1. The molecule has 0 aliphatic rings. The van der Waals surface area contributed by atoms with Gasteiger partial charge in [-0.15, -0.1) is 0 Å². The van der Waals surface area contributed by atoms with Gasteiger partial charge in [0, 0.05) is 19.5 Å². The molecule has 0 aliphatic carbocycles. The summed E-state index contributed by atoms with van der Waals surface area (Å²) in [5.74, 6) is 0.934. The fourth-order valence-electron chi connectivity index (χ4n) is 1.47. The van der Waals surface area contributed by atoms with Gasteiger partial charge < -0.3 is 15.4 Å². The van der Waals surface area contributed by atoms with Crippen LogP contribution in [0, 0.1) is 0 Å². The maximum absolute atomic E-state index is 11.5. The summed E-state index contributed by atoms with van der Waals surface area (Å²) in [4.78, 5) is 11.5. The minimum Gasteiger partial charge on any atom is -0.497 e. The molecule has 1 aromatic carbocycles. The van der Waals surface area contributed by atoms with Gasteiger partial charge in [-0.2, -0.15) is 0 Å².